The number of benzene rings is 2. The molecule has 0 heterocycles. The maximum absolute atomic E-state index is 5.31. The van der Waals surface area contributed by atoms with Crippen LogP contribution in [-0.2, 0) is 0 Å². The van der Waals surface area contributed by atoms with E-state index >= 15 is 0 Å². The summed E-state index contributed by atoms with van der Waals surface area (Å²) in [6.07, 6.45) is 0. The molecule has 0 aliphatic heterocycles. The third-order valence-electron chi connectivity index (χ3n) is 2.29. The zero-order valence-corrected chi connectivity index (χ0v) is 9.37. The Morgan fingerprint density at radius 2 is 1.60 bits per heavy atom. The van der Waals surface area contributed by atoms with E-state index in [1.807, 2.05) is 48.5 Å². The number of ether oxygens (including phenoxy) is 1. The smallest absolute Gasteiger partial charge is 0.126 e. The predicted octanol–water partition coefficient (Wildman–Crippen LogP) is 3.65. The largest absolute Gasteiger partial charge is 0.496 e. The molecular weight excluding hydrogens is 204 g/mol. The van der Waals surface area contributed by atoms with E-state index in [2.05, 4.69) is 12.6 Å². The van der Waals surface area contributed by atoms with Crippen molar-refractivity contribution in [3.05, 3.63) is 48.5 Å². The Hall–Kier alpha value is -1.41. The summed E-state index contributed by atoms with van der Waals surface area (Å²) in [5.41, 5.74) is 2.25. The van der Waals surface area contributed by atoms with Gasteiger partial charge in [0.2, 0.25) is 0 Å². The highest BCUT2D eigenvalue weighted by Crippen LogP contribution is 2.29. The fraction of sp³-hybridized carbons (Fsp3) is 0.0769. The van der Waals surface area contributed by atoms with E-state index in [1.165, 1.54) is 0 Å². The Balaban J connectivity index is 2.49. The Morgan fingerprint density at radius 3 is 2.27 bits per heavy atom. The van der Waals surface area contributed by atoms with Crippen LogP contribution < -0.4 is 4.74 Å². The van der Waals surface area contributed by atoms with Gasteiger partial charge in [-0.15, -0.1) is 12.6 Å². The van der Waals surface area contributed by atoms with Crippen molar-refractivity contribution in [3.63, 3.8) is 0 Å². The van der Waals surface area contributed by atoms with Crippen LogP contribution >= 0.6 is 12.6 Å². The summed E-state index contributed by atoms with van der Waals surface area (Å²) >= 11 is 4.26. The van der Waals surface area contributed by atoms with Gasteiger partial charge in [-0.25, -0.2) is 0 Å². The van der Waals surface area contributed by atoms with Crippen LogP contribution in [-0.4, -0.2) is 7.11 Å². The molecule has 0 bridgehead atoms. The lowest BCUT2D eigenvalue weighted by Gasteiger charge is -2.07. The molecule has 0 amide bonds. The number of thiol groups is 1. The second-order valence-corrected chi connectivity index (χ2v) is 3.76. The molecule has 0 aliphatic carbocycles. The van der Waals surface area contributed by atoms with Gasteiger partial charge in [0.25, 0.3) is 0 Å². The minimum absolute atomic E-state index is 0.893. The first-order valence-electron chi connectivity index (χ1n) is 4.73. The van der Waals surface area contributed by atoms with E-state index in [4.69, 9.17) is 4.74 Å². The van der Waals surface area contributed by atoms with Crippen LogP contribution in [0.3, 0.4) is 0 Å². The molecule has 0 saturated carbocycles. The molecule has 2 aromatic rings. The molecule has 15 heavy (non-hydrogen) atoms. The highest BCUT2D eigenvalue weighted by molar-refractivity contribution is 7.80. The molecule has 2 aromatic carbocycles. The second-order valence-electron chi connectivity index (χ2n) is 3.25. The molecule has 0 N–H and O–H groups in total. The van der Waals surface area contributed by atoms with Crippen LogP contribution in [0.15, 0.2) is 53.4 Å². The summed E-state index contributed by atoms with van der Waals surface area (Å²) in [6, 6.07) is 16.0. The fourth-order valence-corrected chi connectivity index (χ4v) is 1.67. The van der Waals surface area contributed by atoms with Crippen LogP contribution in [0.2, 0.25) is 0 Å². The van der Waals surface area contributed by atoms with Crippen LogP contribution in [0.5, 0.6) is 5.75 Å². The first-order valence-corrected chi connectivity index (χ1v) is 5.18. The zero-order valence-electron chi connectivity index (χ0n) is 8.47. The molecule has 0 aliphatic rings. The highest BCUT2D eigenvalue weighted by Gasteiger charge is 2.03. The monoisotopic (exact) mass is 216 g/mol. The molecule has 0 spiro atoms. The van der Waals surface area contributed by atoms with E-state index in [-0.39, 0.29) is 0 Å². The Kier molecular flexibility index (Phi) is 2.97. The lowest BCUT2D eigenvalue weighted by atomic mass is 10.1. The summed E-state index contributed by atoms with van der Waals surface area (Å²) in [5.74, 6) is 0.893. The van der Waals surface area contributed by atoms with Gasteiger partial charge >= 0.3 is 0 Å². The van der Waals surface area contributed by atoms with Gasteiger partial charge in [0.1, 0.15) is 5.75 Å². The standard InChI is InChI=1S/C13H12OS/c1-14-13-5-3-2-4-12(13)10-6-8-11(15)9-7-10/h2-9,15H,1H3. The normalized spacial score (nSPS) is 10.0. The molecular formula is C13H12OS. The first-order chi connectivity index (χ1) is 7.31. The Bertz CT molecular complexity index is 448. The molecule has 0 fully saturated rings. The molecule has 0 saturated heterocycles. The summed E-state index contributed by atoms with van der Waals surface area (Å²) in [7, 11) is 1.69. The minimum atomic E-state index is 0.893. The van der Waals surface area contributed by atoms with Gasteiger partial charge in [0, 0.05) is 10.5 Å². The van der Waals surface area contributed by atoms with Crippen LogP contribution in [0.1, 0.15) is 0 Å². The maximum Gasteiger partial charge on any atom is 0.126 e. The summed E-state index contributed by atoms with van der Waals surface area (Å²) in [4.78, 5) is 0.966. The topological polar surface area (TPSA) is 9.23 Å². The zero-order chi connectivity index (χ0) is 10.7. The summed E-state index contributed by atoms with van der Waals surface area (Å²) < 4.78 is 5.31. The van der Waals surface area contributed by atoms with Crippen molar-refractivity contribution in [1.29, 1.82) is 0 Å². The molecule has 0 aromatic heterocycles. The fourth-order valence-electron chi connectivity index (χ4n) is 1.52. The van der Waals surface area contributed by atoms with Crippen LogP contribution in [0.25, 0.3) is 11.1 Å². The lowest BCUT2D eigenvalue weighted by Crippen LogP contribution is -1.86. The van der Waals surface area contributed by atoms with Crippen LogP contribution in [0.4, 0.5) is 0 Å². The van der Waals surface area contributed by atoms with E-state index < -0.39 is 0 Å². The highest BCUT2D eigenvalue weighted by atomic mass is 32.1. The summed E-state index contributed by atoms with van der Waals surface area (Å²) in [5, 5.41) is 0. The average molecular weight is 216 g/mol. The van der Waals surface area contributed by atoms with Gasteiger partial charge in [0.05, 0.1) is 7.11 Å². The van der Waals surface area contributed by atoms with E-state index in [1.54, 1.807) is 7.11 Å². The van der Waals surface area contributed by atoms with Gasteiger partial charge < -0.3 is 4.74 Å². The molecule has 0 radical (unpaired) electrons. The number of para-hydroxylation sites is 1. The predicted molar refractivity (Wildman–Crippen MR) is 65.7 cm³/mol. The molecule has 76 valence electrons. The third-order valence-corrected chi connectivity index (χ3v) is 2.58. The first kappa shape index (κ1) is 10.1. The van der Waals surface area contributed by atoms with Crippen molar-refractivity contribution >= 4 is 12.6 Å². The maximum atomic E-state index is 5.31. The second kappa shape index (κ2) is 4.41. The molecule has 0 unspecified atom stereocenters. The van der Waals surface area contributed by atoms with E-state index in [0.29, 0.717) is 0 Å². The molecule has 0 atom stereocenters. The number of methoxy groups -OCH3 is 1. The lowest BCUT2D eigenvalue weighted by molar-refractivity contribution is 0.416. The Morgan fingerprint density at radius 1 is 0.933 bits per heavy atom. The molecule has 2 rings (SSSR count). The van der Waals surface area contributed by atoms with Crippen molar-refractivity contribution in [2.24, 2.45) is 0 Å². The molecule has 1 nitrogen and oxygen atoms in total. The SMILES string of the molecule is COc1ccccc1-c1ccc(S)cc1. The van der Waals surface area contributed by atoms with Gasteiger partial charge in [-0.2, -0.15) is 0 Å². The molecule has 2 heteroatoms. The third kappa shape index (κ3) is 2.16. The number of hydrogen-bond acceptors (Lipinski definition) is 2. The van der Waals surface area contributed by atoms with Crippen molar-refractivity contribution < 1.29 is 4.74 Å². The van der Waals surface area contributed by atoms with Gasteiger partial charge in [-0.1, -0.05) is 30.3 Å². The minimum Gasteiger partial charge on any atom is -0.496 e. The number of rotatable bonds is 2. The van der Waals surface area contributed by atoms with Gasteiger partial charge in [-0.05, 0) is 23.8 Å². The van der Waals surface area contributed by atoms with E-state index in [9.17, 15) is 0 Å². The number of hydrogen-bond donors (Lipinski definition) is 1. The Labute approximate surface area is 95.1 Å². The van der Waals surface area contributed by atoms with Crippen molar-refractivity contribution in [1.82, 2.24) is 0 Å². The van der Waals surface area contributed by atoms with E-state index in [0.717, 1.165) is 21.8 Å². The van der Waals surface area contributed by atoms with Crippen molar-refractivity contribution in [3.8, 4) is 16.9 Å². The summed E-state index contributed by atoms with van der Waals surface area (Å²) in [6.45, 7) is 0. The van der Waals surface area contributed by atoms with Crippen LogP contribution in [0, 0.1) is 0 Å². The average Bonchev–Trinajstić information content (AvgIpc) is 2.30. The van der Waals surface area contributed by atoms with Gasteiger partial charge in [0.15, 0.2) is 0 Å². The van der Waals surface area contributed by atoms with Gasteiger partial charge in [-0.3, -0.25) is 0 Å². The van der Waals surface area contributed by atoms with Crippen molar-refractivity contribution in [2.75, 3.05) is 7.11 Å². The van der Waals surface area contributed by atoms with Crippen molar-refractivity contribution in [2.45, 2.75) is 4.90 Å². The quantitative estimate of drug-likeness (QED) is 0.754.